The molecule has 1 aliphatic carbocycles. The van der Waals surface area contributed by atoms with Crippen molar-refractivity contribution in [2.45, 2.75) is 18.8 Å². The molecule has 18 heavy (non-hydrogen) atoms. The Bertz CT molecular complexity index is 630. The average molecular weight is 242 g/mol. The standard InChI is InChI=1S/C14H14N2O2/c1-18-12-5-3-2-4-10(12)11-8-13(17)16-14(15-11)9-6-7-9/h2-5,8-9H,6-7H2,1H3,(H,15,16,17). The Morgan fingerprint density at radius 3 is 2.83 bits per heavy atom. The van der Waals surface area contributed by atoms with Crippen LogP contribution in [0.1, 0.15) is 24.6 Å². The number of aromatic amines is 1. The van der Waals surface area contributed by atoms with E-state index in [9.17, 15) is 4.79 Å². The van der Waals surface area contributed by atoms with Crippen molar-refractivity contribution >= 4 is 0 Å². The molecule has 1 N–H and O–H groups in total. The summed E-state index contributed by atoms with van der Waals surface area (Å²) < 4.78 is 5.30. The van der Waals surface area contributed by atoms with Crippen molar-refractivity contribution in [2.24, 2.45) is 0 Å². The van der Waals surface area contributed by atoms with Gasteiger partial charge < -0.3 is 9.72 Å². The van der Waals surface area contributed by atoms with Crippen LogP contribution >= 0.6 is 0 Å². The lowest BCUT2D eigenvalue weighted by molar-refractivity contribution is 0.416. The van der Waals surface area contributed by atoms with Gasteiger partial charge in [0.1, 0.15) is 11.6 Å². The van der Waals surface area contributed by atoms with Gasteiger partial charge in [-0.05, 0) is 25.0 Å². The van der Waals surface area contributed by atoms with Crippen molar-refractivity contribution in [3.63, 3.8) is 0 Å². The van der Waals surface area contributed by atoms with Crippen molar-refractivity contribution < 1.29 is 4.74 Å². The highest BCUT2D eigenvalue weighted by Gasteiger charge is 2.26. The van der Waals surface area contributed by atoms with Crippen LogP contribution in [-0.4, -0.2) is 17.1 Å². The molecule has 0 atom stereocenters. The zero-order valence-corrected chi connectivity index (χ0v) is 10.1. The number of benzene rings is 1. The van der Waals surface area contributed by atoms with Gasteiger partial charge in [-0.25, -0.2) is 4.98 Å². The zero-order valence-electron chi connectivity index (χ0n) is 10.1. The summed E-state index contributed by atoms with van der Waals surface area (Å²) in [6, 6.07) is 9.12. The molecule has 3 rings (SSSR count). The molecule has 0 saturated heterocycles. The van der Waals surface area contributed by atoms with Crippen LogP contribution in [0.5, 0.6) is 5.75 Å². The summed E-state index contributed by atoms with van der Waals surface area (Å²) in [6.07, 6.45) is 2.22. The fourth-order valence-electron chi connectivity index (χ4n) is 2.02. The van der Waals surface area contributed by atoms with Gasteiger partial charge in [0.2, 0.25) is 0 Å². The minimum absolute atomic E-state index is 0.104. The maximum Gasteiger partial charge on any atom is 0.251 e. The predicted octanol–water partition coefficient (Wildman–Crippen LogP) is 2.32. The molecule has 4 nitrogen and oxygen atoms in total. The first-order valence-corrected chi connectivity index (χ1v) is 6.02. The fraction of sp³-hybridized carbons (Fsp3) is 0.286. The Kier molecular flexibility index (Phi) is 2.63. The second-order valence-corrected chi connectivity index (χ2v) is 4.49. The second-order valence-electron chi connectivity index (χ2n) is 4.49. The Balaban J connectivity index is 2.13. The maximum atomic E-state index is 11.7. The molecule has 1 aromatic heterocycles. The molecule has 1 fully saturated rings. The third-order valence-corrected chi connectivity index (χ3v) is 3.11. The summed E-state index contributed by atoms with van der Waals surface area (Å²) >= 11 is 0. The molecule has 92 valence electrons. The smallest absolute Gasteiger partial charge is 0.251 e. The largest absolute Gasteiger partial charge is 0.496 e. The van der Waals surface area contributed by atoms with E-state index < -0.39 is 0 Å². The molecule has 1 heterocycles. The van der Waals surface area contributed by atoms with Gasteiger partial charge in [0.05, 0.1) is 12.8 Å². The van der Waals surface area contributed by atoms with Gasteiger partial charge in [0.15, 0.2) is 0 Å². The number of rotatable bonds is 3. The molecule has 4 heteroatoms. The lowest BCUT2D eigenvalue weighted by atomic mass is 10.1. The van der Waals surface area contributed by atoms with Crippen molar-refractivity contribution in [3.8, 4) is 17.0 Å². The number of methoxy groups -OCH3 is 1. The number of ether oxygens (including phenoxy) is 1. The Morgan fingerprint density at radius 1 is 1.33 bits per heavy atom. The van der Waals surface area contributed by atoms with Crippen molar-refractivity contribution in [1.82, 2.24) is 9.97 Å². The van der Waals surface area contributed by atoms with Crippen LogP contribution in [0.3, 0.4) is 0 Å². The van der Waals surface area contributed by atoms with E-state index in [4.69, 9.17) is 4.74 Å². The summed E-state index contributed by atoms with van der Waals surface area (Å²) in [4.78, 5) is 19.0. The van der Waals surface area contributed by atoms with Gasteiger partial charge in [0.25, 0.3) is 5.56 Å². The van der Waals surface area contributed by atoms with Crippen molar-refractivity contribution in [3.05, 3.63) is 46.5 Å². The molecule has 0 radical (unpaired) electrons. The van der Waals surface area contributed by atoms with Crippen LogP contribution in [0.15, 0.2) is 35.1 Å². The van der Waals surface area contributed by atoms with Gasteiger partial charge in [-0.15, -0.1) is 0 Å². The zero-order chi connectivity index (χ0) is 12.5. The summed E-state index contributed by atoms with van der Waals surface area (Å²) in [5.41, 5.74) is 1.43. The molecular formula is C14H14N2O2. The van der Waals surface area contributed by atoms with Crippen molar-refractivity contribution in [1.29, 1.82) is 0 Å². The van der Waals surface area contributed by atoms with E-state index in [1.165, 1.54) is 6.07 Å². The highest BCUT2D eigenvalue weighted by molar-refractivity contribution is 5.66. The topological polar surface area (TPSA) is 55.0 Å². The first-order chi connectivity index (χ1) is 8.78. The number of hydrogen-bond donors (Lipinski definition) is 1. The molecule has 0 aliphatic heterocycles. The Labute approximate surface area is 105 Å². The summed E-state index contributed by atoms with van der Waals surface area (Å²) in [7, 11) is 1.62. The minimum atomic E-state index is -0.104. The van der Waals surface area contributed by atoms with Crippen LogP contribution in [0.4, 0.5) is 0 Å². The second kappa shape index (κ2) is 4.29. The molecule has 0 spiro atoms. The van der Waals surface area contributed by atoms with E-state index in [-0.39, 0.29) is 5.56 Å². The molecule has 0 bridgehead atoms. The van der Waals surface area contributed by atoms with E-state index in [0.717, 1.165) is 30.0 Å². The number of para-hydroxylation sites is 1. The lowest BCUT2D eigenvalue weighted by Crippen LogP contribution is -2.10. The number of hydrogen-bond acceptors (Lipinski definition) is 3. The average Bonchev–Trinajstić information content (AvgIpc) is 3.22. The Morgan fingerprint density at radius 2 is 2.11 bits per heavy atom. The van der Waals surface area contributed by atoms with E-state index in [2.05, 4.69) is 9.97 Å². The number of nitrogens with one attached hydrogen (secondary N) is 1. The van der Waals surface area contributed by atoms with Gasteiger partial charge in [-0.1, -0.05) is 12.1 Å². The van der Waals surface area contributed by atoms with Gasteiger partial charge in [-0.3, -0.25) is 4.79 Å². The number of aromatic nitrogens is 2. The molecule has 1 aromatic carbocycles. The van der Waals surface area contributed by atoms with E-state index in [0.29, 0.717) is 11.6 Å². The highest BCUT2D eigenvalue weighted by atomic mass is 16.5. The van der Waals surface area contributed by atoms with E-state index in [1.54, 1.807) is 7.11 Å². The fourth-order valence-corrected chi connectivity index (χ4v) is 2.02. The van der Waals surface area contributed by atoms with Crippen LogP contribution in [0.25, 0.3) is 11.3 Å². The first kappa shape index (κ1) is 11.0. The Hall–Kier alpha value is -2.10. The molecule has 0 amide bonds. The summed E-state index contributed by atoms with van der Waals surface area (Å²) in [6.45, 7) is 0. The monoisotopic (exact) mass is 242 g/mol. The van der Waals surface area contributed by atoms with E-state index >= 15 is 0 Å². The maximum absolute atomic E-state index is 11.7. The lowest BCUT2D eigenvalue weighted by Gasteiger charge is -2.08. The van der Waals surface area contributed by atoms with Crippen LogP contribution in [0, 0.1) is 0 Å². The normalized spacial score (nSPS) is 14.5. The van der Waals surface area contributed by atoms with Crippen LogP contribution < -0.4 is 10.3 Å². The highest BCUT2D eigenvalue weighted by Crippen LogP contribution is 2.38. The van der Waals surface area contributed by atoms with Crippen molar-refractivity contribution in [2.75, 3.05) is 7.11 Å². The molecular weight excluding hydrogens is 228 g/mol. The molecule has 0 unspecified atom stereocenters. The predicted molar refractivity (Wildman–Crippen MR) is 68.8 cm³/mol. The minimum Gasteiger partial charge on any atom is -0.496 e. The summed E-state index contributed by atoms with van der Waals surface area (Å²) in [5.74, 6) is 1.95. The third kappa shape index (κ3) is 2.01. The number of nitrogens with zero attached hydrogens (tertiary/aromatic N) is 1. The first-order valence-electron chi connectivity index (χ1n) is 6.02. The molecule has 1 aliphatic rings. The van der Waals surface area contributed by atoms with Gasteiger partial charge in [-0.2, -0.15) is 0 Å². The third-order valence-electron chi connectivity index (χ3n) is 3.11. The SMILES string of the molecule is COc1ccccc1-c1cc(=O)[nH]c(C2CC2)n1. The van der Waals surface area contributed by atoms with Gasteiger partial charge in [0, 0.05) is 17.5 Å². The number of H-pyrrole nitrogens is 1. The molecule has 1 saturated carbocycles. The van der Waals surface area contributed by atoms with Crippen LogP contribution in [0.2, 0.25) is 0 Å². The van der Waals surface area contributed by atoms with Gasteiger partial charge >= 0.3 is 0 Å². The van der Waals surface area contributed by atoms with E-state index in [1.807, 2.05) is 24.3 Å². The van der Waals surface area contributed by atoms with Crippen LogP contribution in [-0.2, 0) is 0 Å². The quantitative estimate of drug-likeness (QED) is 0.898. The molecule has 2 aromatic rings. The summed E-state index contributed by atoms with van der Waals surface area (Å²) in [5, 5.41) is 0.